The molecule has 198 valence electrons. The molecule has 1 N–H and O–H groups in total. The molecule has 3 aliphatic heterocycles. The van der Waals surface area contributed by atoms with E-state index in [1.165, 1.54) is 4.31 Å². The average molecular weight is 529 g/mol. The lowest BCUT2D eigenvalue weighted by atomic mass is 10.0. The fourth-order valence-corrected chi connectivity index (χ4v) is 6.63. The lowest BCUT2D eigenvalue weighted by Gasteiger charge is -2.39. The van der Waals surface area contributed by atoms with Crippen LogP contribution in [0.25, 0.3) is 0 Å². The van der Waals surface area contributed by atoms with Crippen molar-refractivity contribution >= 4 is 27.7 Å². The van der Waals surface area contributed by atoms with Crippen LogP contribution in [0, 0.1) is 0 Å². The van der Waals surface area contributed by atoms with E-state index in [2.05, 4.69) is 5.32 Å². The first kappa shape index (κ1) is 25.5. The summed E-state index contributed by atoms with van der Waals surface area (Å²) in [5, 5.41) is 3.46. The average Bonchev–Trinajstić information content (AvgIpc) is 3.21. The molecule has 0 radical (unpaired) electrons. The van der Waals surface area contributed by atoms with E-state index >= 15 is 0 Å². The molecule has 0 spiro atoms. The first-order valence-electron chi connectivity index (χ1n) is 12.7. The number of amides is 2. The van der Waals surface area contributed by atoms with Gasteiger partial charge in [-0.1, -0.05) is 18.2 Å². The zero-order chi connectivity index (χ0) is 26.0. The first-order valence-corrected chi connectivity index (χ1v) is 14.1. The van der Waals surface area contributed by atoms with Gasteiger partial charge in [-0.2, -0.15) is 4.31 Å². The van der Waals surface area contributed by atoms with Crippen molar-refractivity contribution in [1.29, 1.82) is 0 Å². The predicted octanol–water partition coefficient (Wildman–Crippen LogP) is 2.89. The molecular formula is C26H32N4O6S. The Bertz CT molecular complexity index is 1240. The van der Waals surface area contributed by atoms with Crippen LogP contribution < -0.4 is 5.32 Å². The van der Waals surface area contributed by atoms with Crippen molar-refractivity contribution in [2.75, 3.05) is 51.3 Å². The van der Waals surface area contributed by atoms with Gasteiger partial charge in [0.05, 0.1) is 24.7 Å². The van der Waals surface area contributed by atoms with Crippen molar-refractivity contribution in [1.82, 2.24) is 14.1 Å². The topological polar surface area (TPSA) is 108 Å². The number of carbonyl (C=O) groups excluding carboxylic acids is 2. The maximum atomic E-state index is 13.5. The van der Waals surface area contributed by atoms with Gasteiger partial charge in [-0.3, -0.25) is 4.79 Å². The van der Waals surface area contributed by atoms with Crippen LogP contribution in [-0.2, 0) is 19.5 Å². The van der Waals surface area contributed by atoms with E-state index in [-0.39, 0.29) is 22.9 Å². The first-order chi connectivity index (χ1) is 17.9. The summed E-state index contributed by atoms with van der Waals surface area (Å²) in [6, 6.07) is 14.1. The molecule has 3 heterocycles. The van der Waals surface area contributed by atoms with Crippen LogP contribution >= 0.6 is 0 Å². The summed E-state index contributed by atoms with van der Waals surface area (Å²) in [4.78, 5) is 29.4. The number of likely N-dealkylation sites (tertiary alicyclic amines) is 1. The van der Waals surface area contributed by atoms with Crippen LogP contribution in [0.15, 0.2) is 53.4 Å². The fraction of sp³-hybridized carbons (Fsp3) is 0.462. The summed E-state index contributed by atoms with van der Waals surface area (Å²) >= 11 is 0. The highest BCUT2D eigenvalue weighted by Gasteiger charge is 2.42. The summed E-state index contributed by atoms with van der Waals surface area (Å²) in [5.41, 5.74) is 2.24. The van der Waals surface area contributed by atoms with E-state index < -0.39 is 16.2 Å². The van der Waals surface area contributed by atoms with Gasteiger partial charge in [0.2, 0.25) is 10.0 Å². The lowest BCUT2D eigenvalue weighted by molar-refractivity contribution is 0.0496. The molecule has 37 heavy (non-hydrogen) atoms. The number of fused-ring (bicyclic) bond motifs is 1. The minimum Gasteiger partial charge on any atom is -0.450 e. The number of piperidine rings is 1. The molecule has 0 unspecified atom stereocenters. The third-order valence-corrected chi connectivity index (χ3v) is 9.06. The monoisotopic (exact) mass is 528 g/mol. The van der Waals surface area contributed by atoms with Gasteiger partial charge in [0.15, 0.2) is 0 Å². The van der Waals surface area contributed by atoms with E-state index in [9.17, 15) is 18.0 Å². The van der Waals surface area contributed by atoms with Crippen LogP contribution in [0.1, 0.15) is 41.9 Å². The number of anilines is 1. The third-order valence-electron chi connectivity index (χ3n) is 7.15. The normalized spacial score (nSPS) is 21.1. The molecule has 2 amide bonds. The van der Waals surface area contributed by atoms with Crippen molar-refractivity contribution in [2.45, 2.75) is 36.9 Å². The molecule has 5 rings (SSSR count). The summed E-state index contributed by atoms with van der Waals surface area (Å²) in [5.74, 6) is -0.0470. The Morgan fingerprint density at radius 2 is 1.70 bits per heavy atom. The molecule has 0 bridgehead atoms. The van der Waals surface area contributed by atoms with Crippen molar-refractivity contribution < 1.29 is 27.5 Å². The number of hydrogen-bond acceptors (Lipinski definition) is 7. The highest BCUT2D eigenvalue weighted by molar-refractivity contribution is 7.89. The van der Waals surface area contributed by atoms with Gasteiger partial charge < -0.3 is 24.6 Å². The number of nitrogens with zero attached hydrogens (tertiary/aromatic N) is 3. The Hall–Kier alpha value is -3.15. The van der Waals surface area contributed by atoms with E-state index in [0.29, 0.717) is 70.1 Å². The number of sulfonamides is 1. The standard InChI is InChI=1S/C26H32N4O6S/c1-2-36-26(32)28-13-11-20(12-14-28)30-24(22-5-3-4-6-23(22)25(30)31)27-19-7-9-21(10-8-19)37(33,34)29-15-17-35-18-16-29/h3-10,20,24,27H,2,11-18H2,1H3/t24-/m1/s1. The quantitative estimate of drug-likeness (QED) is 0.614. The Labute approximate surface area is 217 Å². The van der Waals surface area contributed by atoms with Crippen LogP contribution in [-0.4, -0.2) is 86.6 Å². The molecule has 2 saturated heterocycles. The number of morpholine rings is 1. The molecule has 2 aromatic rings. The van der Waals surface area contributed by atoms with Crippen LogP contribution in [0.5, 0.6) is 0 Å². The van der Waals surface area contributed by atoms with E-state index in [4.69, 9.17) is 9.47 Å². The Balaban J connectivity index is 1.34. The van der Waals surface area contributed by atoms with E-state index in [1.54, 1.807) is 36.1 Å². The summed E-state index contributed by atoms with van der Waals surface area (Å²) in [7, 11) is -3.59. The number of nitrogens with one attached hydrogen (secondary N) is 1. The molecule has 3 aliphatic rings. The van der Waals surface area contributed by atoms with Crippen molar-refractivity contribution in [2.24, 2.45) is 0 Å². The minimum atomic E-state index is -3.59. The van der Waals surface area contributed by atoms with Gasteiger partial charge in [0, 0.05) is 49.0 Å². The predicted molar refractivity (Wildman–Crippen MR) is 137 cm³/mol. The number of carbonyl (C=O) groups is 2. The largest absolute Gasteiger partial charge is 0.450 e. The minimum absolute atomic E-state index is 0.0470. The molecule has 0 aromatic heterocycles. The smallest absolute Gasteiger partial charge is 0.409 e. The van der Waals surface area contributed by atoms with E-state index in [0.717, 1.165) is 5.56 Å². The summed E-state index contributed by atoms with van der Waals surface area (Å²) in [6.45, 7) is 4.61. The Kier molecular flexibility index (Phi) is 7.36. The van der Waals surface area contributed by atoms with Gasteiger partial charge in [0.25, 0.3) is 5.91 Å². The molecule has 11 heteroatoms. The zero-order valence-electron chi connectivity index (χ0n) is 20.8. The second kappa shape index (κ2) is 10.7. The van der Waals surface area contributed by atoms with Gasteiger partial charge in [-0.25, -0.2) is 13.2 Å². The van der Waals surface area contributed by atoms with Crippen molar-refractivity contribution in [3.05, 3.63) is 59.7 Å². The molecular weight excluding hydrogens is 496 g/mol. The molecule has 2 aromatic carbocycles. The summed E-state index contributed by atoms with van der Waals surface area (Å²) < 4.78 is 37.8. The van der Waals surface area contributed by atoms with Crippen LogP contribution in [0.3, 0.4) is 0 Å². The molecule has 0 saturated carbocycles. The molecule has 1 atom stereocenters. The Morgan fingerprint density at radius 1 is 1.03 bits per heavy atom. The third kappa shape index (κ3) is 5.03. The van der Waals surface area contributed by atoms with Crippen molar-refractivity contribution in [3.63, 3.8) is 0 Å². The van der Waals surface area contributed by atoms with Gasteiger partial charge >= 0.3 is 6.09 Å². The molecule has 10 nitrogen and oxygen atoms in total. The molecule has 2 fully saturated rings. The van der Waals surface area contributed by atoms with Gasteiger partial charge in [0.1, 0.15) is 6.17 Å². The van der Waals surface area contributed by atoms with E-state index in [1.807, 2.05) is 29.2 Å². The van der Waals surface area contributed by atoms with Crippen LogP contribution in [0.2, 0.25) is 0 Å². The lowest BCUT2D eigenvalue weighted by Crippen LogP contribution is -2.49. The zero-order valence-corrected chi connectivity index (χ0v) is 21.7. The van der Waals surface area contributed by atoms with Crippen LogP contribution in [0.4, 0.5) is 10.5 Å². The molecule has 0 aliphatic carbocycles. The Morgan fingerprint density at radius 3 is 2.38 bits per heavy atom. The second-order valence-corrected chi connectivity index (χ2v) is 11.2. The number of hydrogen-bond donors (Lipinski definition) is 1. The highest BCUT2D eigenvalue weighted by Crippen LogP contribution is 2.38. The SMILES string of the molecule is CCOC(=O)N1CCC(N2C(=O)c3ccccc3[C@@H]2Nc2ccc(S(=O)(=O)N3CCOCC3)cc2)CC1. The number of ether oxygens (including phenoxy) is 2. The highest BCUT2D eigenvalue weighted by atomic mass is 32.2. The maximum absolute atomic E-state index is 13.5. The van der Waals surface area contributed by atoms with Crippen molar-refractivity contribution in [3.8, 4) is 0 Å². The maximum Gasteiger partial charge on any atom is 0.409 e. The van der Waals surface area contributed by atoms with Gasteiger partial charge in [-0.15, -0.1) is 0 Å². The van der Waals surface area contributed by atoms with Gasteiger partial charge in [-0.05, 0) is 50.1 Å². The number of rotatable bonds is 6. The second-order valence-electron chi connectivity index (χ2n) is 9.30. The summed E-state index contributed by atoms with van der Waals surface area (Å²) in [6.07, 6.45) is 0.573. The fourth-order valence-electron chi connectivity index (χ4n) is 5.22. The number of benzene rings is 2.